The van der Waals surface area contributed by atoms with Gasteiger partial charge < -0.3 is 15.0 Å². The van der Waals surface area contributed by atoms with Gasteiger partial charge in [0.2, 0.25) is 0 Å². The predicted octanol–water partition coefficient (Wildman–Crippen LogP) is 6.81. The number of halogens is 3. The average molecular weight is 526 g/mol. The fraction of sp³-hybridized carbons (Fsp3) is 0.367. The maximum Gasteiger partial charge on any atom is 0.390 e. The van der Waals surface area contributed by atoms with E-state index in [1.165, 1.54) is 5.56 Å². The van der Waals surface area contributed by atoms with Crippen molar-refractivity contribution < 1.29 is 22.7 Å². The second-order valence-electron chi connectivity index (χ2n) is 9.85. The zero-order chi connectivity index (χ0) is 27.3. The van der Waals surface area contributed by atoms with Crippen LogP contribution >= 0.6 is 0 Å². The van der Waals surface area contributed by atoms with Gasteiger partial charge in [-0.05, 0) is 53.4 Å². The van der Waals surface area contributed by atoms with E-state index >= 15 is 0 Å². The number of rotatable bonds is 8. The van der Waals surface area contributed by atoms with Gasteiger partial charge in [-0.2, -0.15) is 13.2 Å². The molecule has 0 bridgehead atoms. The van der Waals surface area contributed by atoms with Crippen molar-refractivity contribution in [3.63, 3.8) is 0 Å². The van der Waals surface area contributed by atoms with Crippen LogP contribution < -0.4 is 15.0 Å². The number of piperazine rings is 1. The van der Waals surface area contributed by atoms with Gasteiger partial charge in [-0.3, -0.25) is 9.69 Å². The standard InChI is InChI=1S/C30H34F3N3O2/c1-21(2)22-7-9-23(10-8-22)28-26(5-4-6-27(28)38-3)29(37)34-24-11-13-25(14-12-24)36-19-17-35(18-20-36)16-15-30(31,32)33/h4-14,21H,15-20H2,1-3H3,(H,34,37). The Balaban J connectivity index is 1.43. The number of alkyl halides is 3. The minimum absolute atomic E-state index is 0.0381. The molecule has 3 aromatic rings. The SMILES string of the molecule is COc1cccc(C(=O)Nc2ccc(N3CCN(CCC(F)(F)F)CC3)cc2)c1-c1ccc(C(C)C)cc1. The number of carbonyl (C=O) groups excluding carboxylic acids is 1. The van der Waals surface area contributed by atoms with Crippen molar-refractivity contribution in [2.24, 2.45) is 0 Å². The molecule has 4 rings (SSSR count). The van der Waals surface area contributed by atoms with E-state index in [1.54, 1.807) is 19.2 Å². The molecule has 1 amide bonds. The summed E-state index contributed by atoms with van der Waals surface area (Å²) < 4.78 is 43.1. The highest BCUT2D eigenvalue weighted by atomic mass is 19.4. The normalized spacial score (nSPS) is 14.6. The molecule has 0 radical (unpaired) electrons. The highest BCUT2D eigenvalue weighted by Gasteiger charge is 2.28. The Labute approximate surface area is 222 Å². The van der Waals surface area contributed by atoms with Crippen LogP contribution in [0.25, 0.3) is 11.1 Å². The number of ether oxygens (including phenoxy) is 1. The molecule has 5 nitrogen and oxygen atoms in total. The van der Waals surface area contributed by atoms with E-state index in [0.29, 0.717) is 49.1 Å². The highest BCUT2D eigenvalue weighted by Crippen LogP contribution is 2.35. The lowest BCUT2D eigenvalue weighted by atomic mass is 9.95. The van der Waals surface area contributed by atoms with Gasteiger partial charge in [-0.1, -0.05) is 44.2 Å². The first-order valence-electron chi connectivity index (χ1n) is 12.9. The molecule has 0 unspecified atom stereocenters. The van der Waals surface area contributed by atoms with E-state index in [-0.39, 0.29) is 12.5 Å². The summed E-state index contributed by atoms with van der Waals surface area (Å²) in [7, 11) is 1.60. The smallest absolute Gasteiger partial charge is 0.390 e. The number of nitrogens with zero attached hydrogens (tertiary/aromatic N) is 2. The molecule has 202 valence electrons. The van der Waals surface area contributed by atoms with Gasteiger partial charge >= 0.3 is 6.18 Å². The Morgan fingerprint density at radius 1 is 0.947 bits per heavy atom. The second-order valence-corrected chi connectivity index (χ2v) is 9.85. The molecule has 1 N–H and O–H groups in total. The summed E-state index contributed by atoms with van der Waals surface area (Å²) >= 11 is 0. The zero-order valence-corrected chi connectivity index (χ0v) is 22.0. The lowest BCUT2D eigenvalue weighted by molar-refractivity contribution is -0.138. The number of anilines is 2. The Morgan fingerprint density at radius 2 is 1.61 bits per heavy atom. The molecule has 1 heterocycles. The highest BCUT2D eigenvalue weighted by molar-refractivity contribution is 6.09. The maximum atomic E-state index is 13.3. The van der Waals surface area contributed by atoms with Gasteiger partial charge in [0.05, 0.1) is 19.1 Å². The molecule has 1 saturated heterocycles. The molecule has 0 atom stereocenters. The summed E-state index contributed by atoms with van der Waals surface area (Å²) in [5.74, 6) is 0.795. The molecule has 0 saturated carbocycles. The lowest BCUT2D eigenvalue weighted by Gasteiger charge is -2.36. The van der Waals surface area contributed by atoms with Crippen molar-refractivity contribution in [3.05, 3.63) is 77.9 Å². The van der Waals surface area contributed by atoms with Crippen molar-refractivity contribution in [3.8, 4) is 16.9 Å². The van der Waals surface area contributed by atoms with Crippen LogP contribution in [0.1, 0.15) is 42.1 Å². The van der Waals surface area contributed by atoms with Gasteiger partial charge in [0.15, 0.2) is 0 Å². The van der Waals surface area contributed by atoms with E-state index in [1.807, 2.05) is 47.4 Å². The lowest BCUT2D eigenvalue weighted by Crippen LogP contribution is -2.47. The molecule has 1 aliphatic rings. The molecular weight excluding hydrogens is 491 g/mol. The molecule has 1 aliphatic heterocycles. The quantitative estimate of drug-likeness (QED) is 0.351. The Morgan fingerprint density at radius 3 is 2.18 bits per heavy atom. The Hall–Kier alpha value is -3.52. The fourth-order valence-corrected chi connectivity index (χ4v) is 4.69. The number of benzene rings is 3. The summed E-state index contributed by atoms with van der Waals surface area (Å²) in [6, 6.07) is 21.2. The molecule has 0 aliphatic carbocycles. The third-order valence-electron chi connectivity index (χ3n) is 6.93. The molecule has 1 fully saturated rings. The summed E-state index contributed by atoms with van der Waals surface area (Å²) in [4.78, 5) is 17.3. The van der Waals surface area contributed by atoms with Gasteiger partial charge in [0, 0.05) is 49.7 Å². The minimum atomic E-state index is -4.12. The molecule has 38 heavy (non-hydrogen) atoms. The number of carbonyl (C=O) groups is 1. The third-order valence-corrected chi connectivity index (χ3v) is 6.93. The Kier molecular flexibility index (Phi) is 8.62. The van der Waals surface area contributed by atoms with Gasteiger partial charge in [-0.15, -0.1) is 0 Å². The van der Waals surface area contributed by atoms with Gasteiger partial charge in [0.1, 0.15) is 5.75 Å². The van der Waals surface area contributed by atoms with Crippen LogP contribution in [-0.2, 0) is 0 Å². The number of amides is 1. The monoisotopic (exact) mass is 525 g/mol. The first-order valence-corrected chi connectivity index (χ1v) is 12.9. The fourth-order valence-electron chi connectivity index (χ4n) is 4.69. The maximum absolute atomic E-state index is 13.3. The van der Waals surface area contributed by atoms with Crippen molar-refractivity contribution in [1.29, 1.82) is 0 Å². The van der Waals surface area contributed by atoms with Crippen LogP contribution in [0.2, 0.25) is 0 Å². The largest absolute Gasteiger partial charge is 0.496 e. The predicted molar refractivity (Wildman–Crippen MR) is 146 cm³/mol. The van der Waals surface area contributed by atoms with Crippen molar-refractivity contribution in [2.45, 2.75) is 32.4 Å². The molecule has 0 aromatic heterocycles. The van der Waals surface area contributed by atoms with E-state index in [4.69, 9.17) is 4.74 Å². The van der Waals surface area contributed by atoms with Crippen LogP contribution in [0.3, 0.4) is 0 Å². The average Bonchev–Trinajstić information content (AvgIpc) is 2.92. The van der Waals surface area contributed by atoms with Crippen LogP contribution in [0.15, 0.2) is 66.7 Å². The topological polar surface area (TPSA) is 44.8 Å². The number of nitrogens with one attached hydrogen (secondary N) is 1. The third kappa shape index (κ3) is 6.86. The van der Waals surface area contributed by atoms with Gasteiger partial charge in [0.25, 0.3) is 5.91 Å². The van der Waals surface area contributed by atoms with Crippen molar-refractivity contribution in [1.82, 2.24) is 4.90 Å². The first kappa shape index (κ1) is 27.5. The van der Waals surface area contributed by atoms with Crippen LogP contribution in [0.5, 0.6) is 5.75 Å². The molecular formula is C30H34F3N3O2. The van der Waals surface area contributed by atoms with Crippen molar-refractivity contribution in [2.75, 3.05) is 50.1 Å². The summed E-state index contributed by atoms with van der Waals surface area (Å²) in [6.07, 6.45) is -4.90. The van der Waals surface area contributed by atoms with E-state index < -0.39 is 12.6 Å². The molecule has 3 aromatic carbocycles. The molecule has 8 heteroatoms. The first-order chi connectivity index (χ1) is 18.1. The van der Waals surface area contributed by atoms with Crippen molar-refractivity contribution >= 4 is 17.3 Å². The minimum Gasteiger partial charge on any atom is -0.496 e. The van der Waals surface area contributed by atoms with Crippen LogP contribution in [0, 0.1) is 0 Å². The number of hydrogen-bond acceptors (Lipinski definition) is 4. The van der Waals surface area contributed by atoms with Crippen LogP contribution in [-0.4, -0.2) is 56.8 Å². The van der Waals surface area contributed by atoms with Gasteiger partial charge in [-0.25, -0.2) is 0 Å². The Bertz CT molecular complexity index is 1220. The number of methoxy groups -OCH3 is 1. The van der Waals surface area contributed by atoms with E-state index in [9.17, 15) is 18.0 Å². The molecule has 0 spiro atoms. The van der Waals surface area contributed by atoms with E-state index in [0.717, 1.165) is 16.8 Å². The van der Waals surface area contributed by atoms with E-state index in [2.05, 4.69) is 36.2 Å². The zero-order valence-electron chi connectivity index (χ0n) is 22.0. The summed E-state index contributed by atoms with van der Waals surface area (Å²) in [5, 5.41) is 2.99. The number of hydrogen-bond donors (Lipinski definition) is 1. The van der Waals surface area contributed by atoms with Crippen LogP contribution in [0.4, 0.5) is 24.5 Å². The summed E-state index contributed by atoms with van der Waals surface area (Å²) in [5.41, 5.74) is 5.01. The summed E-state index contributed by atoms with van der Waals surface area (Å²) in [6.45, 7) is 6.81. The second kappa shape index (κ2) is 11.9.